The molecule has 3 aromatic carbocycles. The summed E-state index contributed by atoms with van der Waals surface area (Å²) in [6, 6.07) is 15.6. The van der Waals surface area contributed by atoms with Crippen molar-refractivity contribution in [3.05, 3.63) is 94.8 Å². The zero-order valence-corrected chi connectivity index (χ0v) is 27.0. The first kappa shape index (κ1) is 34.1. The molecule has 0 saturated carbocycles. The summed E-state index contributed by atoms with van der Waals surface area (Å²) in [5.41, 5.74) is 1.83. The summed E-state index contributed by atoms with van der Waals surface area (Å²) in [6.45, 7) is 4.58. The lowest BCUT2D eigenvalue weighted by atomic mass is 10.1. The molecule has 1 saturated heterocycles. The summed E-state index contributed by atoms with van der Waals surface area (Å²) in [5.74, 6) is -0.921. The number of carbonyl (C=O) groups excluding carboxylic acids is 2. The van der Waals surface area contributed by atoms with Gasteiger partial charge in [0, 0.05) is 24.3 Å². The van der Waals surface area contributed by atoms with Gasteiger partial charge in [0.15, 0.2) is 11.0 Å². The molecular formula is C31H31F3N6O5S2. The Morgan fingerprint density at radius 1 is 0.979 bits per heavy atom. The first-order valence-corrected chi connectivity index (χ1v) is 16.8. The Labute approximate surface area is 273 Å². The van der Waals surface area contributed by atoms with E-state index < -0.39 is 27.7 Å². The monoisotopic (exact) mass is 688 g/mol. The van der Waals surface area contributed by atoms with E-state index in [2.05, 4.69) is 20.8 Å². The molecule has 0 bridgehead atoms. The van der Waals surface area contributed by atoms with Crippen molar-refractivity contribution >= 4 is 39.3 Å². The molecule has 47 heavy (non-hydrogen) atoms. The number of morpholine rings is 1. The average Bonchev–Trinajstić information content (AvgIpc) is 3.47. The molecule has 0 spiro atoms. The number of carbonyl (C=O) groups is 2. The molecule has 16 heteroatoms. The zero-order valence-electron chi connectivity index (χ0n) is 25.4. The Kier molecular flexibility index (Phi) is 10.3. The van der Waals surface area contributed by atoms with Gasteiger partial charge < -0.3 is 15.4 Å². The third-order valence-corrected chi connectivity index (χ3v) is 10.1. The van der Waals surface area contributed by atoms with Crippen LogP contribution in [0.15, 0.2) is 76.8 Å². The molecular weight excluding hydrogens is 658 g/mol. The quantitative estimate of drug-likeness (QED) is 0.231. The normalized spacial score (nSPS) is 14.1. The van der Waals surface area contributed by atoms with Crippen molar-refractivity contribution in [1.29, 1.82) is 0 Å². The highest BCUT2D eigenvalue weighted by molar-refractivity contribution is 7.99. The number of sulfonamides is 1. The number of hydrogen-bond donors (Lipinski definition) is 2. The number of halogens is 3. The van der Waals surface area contributed by atoms with E-state index in [0.717, 1.165) is 35.0 Å². The van der Waals surface area contributed by atoms with Gasteiger partial charge in [0.1, 0.15) is 0 Å². The summed E-state index contributed by atoms with van der Waals surface area (Å²) in [6.07, 6.45) is -4.61. The molecule has 248 valence electrons. The van der Waals surface area contributed by atoms with Crippen molar-refractivity contribution in [1.82, 2.24) is 24.4 Å². The summed E-state index contributed by atoms with van der Waals surface area (Å²) in [7, 11) is -3.75. The molecule has 1 aliphatic heterocycles. The van der Waals surface area contributed by atoms with Crippen LogP contribution in [-0.4, -0.2) is 71.4 Å². The van der Waals surface area contributed by atoms with Crippen LogP contribution in [0.3, 0.4) is 0 Å². The van der Waals surface area contributed by atoms with Crippen molar-refractivity contribution in [3.8, 4) is 5.69 Å². The Morgan fingerprint density at radius 3 is 2.40 bits per heavy atom. The average molecular weight is 689 g/mol. The molecule has 0 aliphatic carbocycles. The number of alkyl halides is 3. The molecule has 1 aromatic heterocycles. The van der Waals surface area contributed by atoms with E-state index >= 15 is 0 Å². The first-order valence-electron chi connectivity index (χ1n) is 14.4. The van der Waals surface area contributed by atoms with Crippen molar-refractivity contribution in [2.24, 2.45) is 0 Å². The maximum atomic E-state index is 13.6. The van der Waals surface area contributed by atoms with E-state index in [1.54, 1.807) is 0 Å². The van der Waals surface area contributed by atoms with Crippen LogP contribution in [0.1, 0.15) is 32.9 Å². The number of aryl methyl sites for hydroxylation is 2. The van der Waals surface area contributed by atoms with Crippen LogP contribution in [0.5, 0.6) is 0 Å². The van der Waals surface area contributed by atoms with Gasteiger partial charge in [0.25, 0.3) is 5.91 Å². The molecule has 2 amide bonds. The van der Waals surface area contributed by atoms with Gasteiger partial charge >= 0.3 is 6.18 Å². The fourth-order valence-electron chi connectivity index (χ4n) is 4.75. The van der Waals surface area contributed by atoms with Crippen LogP contribution in [0.2, 0.25) is 0 Å². The Morgan fingerprint density at radius 2 is 1.70 bits per heavy atom. The highest BCUT2D eigenvalue weighted by atomic mass is 32.2. The summed E-state index contributed by atoms with van der Waals surface area (Å²) in [4.78, 5) is 25.8. The number of anilines is 1. The molecule has 1 fully saturated rings. The molecule has 1 aliphatic rings. The van der Waals surface area contributed by atoms with Crippen molar-refractivity contribution in [3.63, 3.8) is 0 Å². The van der Waals surface area contributed by atoms with Gasteiger partial charge in [0.2, 0.25) is 15.9 Å². The highest BCUT2D eigenvalue weighted by Gasteiger charge is 2.31. The van der Waals surface area contributed by atoms with E-state index in [-0.39, 0.29) is 58.4 Å². The van der Waals surface area contributed by atoms with Crippen LogP contribution >= 0.6 is 11.8 Å². The molecule has 0 unspecified atom stereocenters. The summed E-state index contributed by atoms with van der Waals surface area (Å²) >= 11 is 0.974. The summed E-state index contributed by atoms with van der Waals surface area (Å²) in [5, 5.41) is 13.9. The van der Waals surface area contributed by atoms with Gasteiger partial charge in [-0.1, -0.05) is 30.0 Å². The Hall–Kier alpha value is -4.25. The van der Waals surface area contributed by atoms with Crippen LogP contribution in [0.25, 0.3) is 5.69 Å². The van der Waals surface area contributed by atoms with Gasteiger partial charge in [-0.15, -0.1) is 10.2 Å². The standard InChI is InChI=1S/C31H31F3N6O5S2/c1-20-6-7-21(2)26(16-20)36-28(41)19-46-30-38-37-27(40(30)24-5-3-4-23(17-24)31(32,33)34)18-35-29(42)22-8-10-25(11-9-22)47(43,44)39-12-14-45-15-13-39/h3-11,16-17H,12-15,18-19H2,1-2H3,(H,35,42)(H,36,41). The maximum absolute atomic E-state index is 13.6. The van der Waals surface area contributed by atoms with Crippen LogP contribution in [-0.2, 0) is 32.3 Å². The maximum Gasteiger partial charge on any atom is 0.416 e. The number of ether oxygens (including phenoxy) is 1. The molecule has 5 rings (SSSR count). The second-order valence-corrected chi connectivity index (χ2v) is 13.5. The Bertz CT molecular complexity index is 1880. The highest BCUT2D eigenvalue weighted by Crippen LogP contribution is 2.32. The zero-order chi connectivity index (χ0) is 33.8. The predicted molar refractivity (Wildman–Crippen MR) is 169 cm³/mol. The molecule has 11 nitrogen and oxygen atoms in total. The minimum atomic E-state index is -4.61. The second-order valence-electron chi connectivity index (χ2n) is 10.7. The molecule has 0 radical (unpaired) electrons. The van der Waals surface area contributed by atoms with E-state index in [0.29, 0.717) is 18.9 Å². The number of benzene rings is 3. The first-order chi connectivity index (χ1) is 22.3. The van der Waals surface area contributed by atoms with Crippen LogP contribution < -0.4 is 10.6 Å². The van der Waals surface area contributed by atoms with Gasteiger partial charge in [-0.3, -0.25) is 14.2 Å². The number of amides is 2. The predicted octanol–water partition coefficient (Wildman–Crippen LogP) is 4.58. The number of hydrogen-bond acceptors (Lipinski definition) is 8. The topological polar surface area (TPSA) is 136 Å². The van der Waals surface area contributed by atoms with Crippen molar-refractivity contribution in [2.75, 3.05) is 37.4 Å². The SMILES string of the molecule is Cc1ccc(C)c(NC(=O)CSc2nnc(CNC(=O)c3ccc(S(=O)(=O)N4CCOCC4)cc3)n2-c2cccc(C(F)(F)F)c2)c1. The van der Waals surface area contributed by atoms with Crippen LogP contribution in [0.4, 0.5) is 18.9 Å². The second kappa shape index (κ2) is 14.3. The van der Waals surface area contributed by atoms with Gasteiger partial charge in [-0.2, -0.15) is 17.5 Å². The third-order valence-electron chi connectivity index (χ3n) is 7.26. The van der Waals surface area contributed by atoms with Gasteiger partial charge in [-0.05, 0) is 73.5 Å². The van der Waals surface area contributed by atoms with Crippen LogP contribution in [0, 0.1) is 13.8 Å². The van der Waals surface area contributed by atoms with Gasteiger partial charge in [-0.25, -0.2) is 8.42 Å². The number of nitrogens with one attached hydrogen (secondary N) is 2. The summed E-state index contributed by atoms with van der Waals surface area (Å²) < 4.78 is 74.4. The molecule has 2 heterocycles. The van der Waals surface area contributed by atoms with E-state index in [4.69, 9.17) is 4.74 Å². The number of nitrogens with zero attached hydrogens (tertiary/aromatic N) is 4. The number of aromatic nitrogens is 3. The minimum Gasteiger partial charge on any atom is -0.379 e. The van der Waals surface area contributed by atoms with Gasteiger partial charge in [0.05, 0.1) is 41.7 Å². The number of thioether (sulfide) groups is 1. The van der Waals surface area contributed by atoms with Crippen molar-refractivity contribution in [2.45, 2.75) is 36.6 Å². The van der Waals surface area contributed by atoms with E-state index in [9.17, 15) is 31.2 Å². The molecule has 0 atom stereocenters. The Balaban J connectivity index is 1.33. The fourth-order valence-corrected chi connectivity index (χ4v) is 6.93. The molecule has 4 aromatic rings. The molecule has 2 N–H and O–H groups in total. The fraction of sp³-hybridized carbons (Fsp3) is 0.290. The lowest BCUT2D eigenvalue weighted by molar-refractivity contribution is -0.137. The smallest absolute Gasteiger partial charge is 0.379 e. The lowest BCUT2D eigenvalue weighted by Crippen LogP contribution is -2.40. The minimum absolute atomic E-state index is 0.0310. The third kappa shape index (κ3) is 8.19. The lowest BCUT2D eigenvalue weighted by Gasteiger charge is -2.26. The van der Waals surface area contributed by atoms with E-state index in [1.165, 1.54) is 45.3 Å². The van der Waals surface area contributed by atoms with E-state index in [1.807, 2.05) is 32.0 Å². The van der Waals surface area contributed by atoms with Crippen molar-refractivity contribution < 1.29 is 35.9 Å². The largest absolute Gasteiger partial charge is 0.416 e. The number of rotatable bonds is 10.